The molecular formula is C14H19N7O3S. The smallest absolute Gasteiger partial charge is 0.243 e. The van der Waals surface area contributed by atoms with Gasteiger partial charge in [0.15, 0.2) is 5.82 Å². The number of aromatic nitrogens is 6. The summed E-state index contributed by atoms with van der Waals surface area (Å²) in [5.74, 6) is 0.506. The Balaban J connectivity index is 1.89. The summed E-state index contributed by atoms with van der Waals surface area (Å²) in [4.78, 5) is 1.42. The molecule has 0 amide bonds. The monoisotopic (exact) mass is 365 g/mol. The molecular weight excluding hydrogens is 346 g/mol. The number of hydrogen-bond acceptors (Lipinski definition) is 7. The molecule has 0 fully saturated rings. The van der Waals surface area contributed by atoms with E-state index < -0.39 is 16.1 Å². The van der Waals surface area contributed by atoms with Crippen LogP contribution in [0.4, 0.5) is 0 Å². The van der Waals surface area contributed by atoms with Gasteiger partial charge in [0.2, 0.25) is 10.0 Å². The fraction of sp³-hybridized carbons (Fsp3) is 0.429. The lowest BCUT2D eigenvalue weighted by atomic mass is 10.3. The van der Waals surface area contributed by atoms with Crippen LogP contribution in [0.5, 0.6) is 0 Å². The first-order valence-electron chi connectivity index (χ1n) is 7.61. The minimum absolute atomic E-state index is 0.0768. The second-order valence-corrected chi connectivity index (χ2v) is 7.21. The Morgan fingerprint density at radius 1 is 1.32 bits per heavy atom. The van der Waals surface area contributed by atoms with Crippen molar-refractivity contribution in [1.29, 1.82) is 0 Å². The highest BCUT2D eigenvalue weighted by Crippen LogP contribution is 2.21. The molecule has 2 heterocycles. The van der Waals surface area contributed by atoms with Gasteiger partial charge in [-0.2, -0.15) is 15.0 Å². The van der Waals surface area contributed by atoms with Crippen molar-refractivity contribution in [1.82, 2.24) is 34.5 Å². The van der Waals surface area contributed by atoms with Crippen LogP contribution in [0.2, 0.25) is 0 Å². The number of sulfonamides is 1. The first-order valence-corrected chi connectivity index (χ1v) is 9.09. The summed E-state index contributed by atoms with van der Waals surface area (Å²) in [6.45, 7) is 2.72. The third-order valence-electron chi connectivity index (χ3n) is 3.67. The predicted octanol–water partition coefficient (Wildman–Crippen LogP) is 0.246. The summed E-state index contributed by atoms with van der Waals surface area (Å²) in [5, 5.41) is 16.1. The molecule has 0 unspecified atom stereocenters. The highest BCUT2D eigenvalue weighted by atomic mass is 32.2. The molecule has 0 bridgehead atoms. The van der Waals surface area contributed by atoms with Gasteiger partial charge in [-0.25, -0.2) is 13.1 Å². The Kier molecular flexibility index (Phi) is 4.79. The Hall–Kier alpha value is -2.37. The molecule has 10 nitrogen and oxygen atoms in total. The van der Waals surface area contributed by atoms with Gasteiger partial charge in [0.25, 0.3) is 0 Å². The predicted molar refractivity (Wildman–Crippen MR) is 89.1 cm³/mol. The second-order valence-electron chi connectivity index (χ2n) is 5.53. The molecule has 1 atom stereocenters. The second kappa shape index (κ2) is 6.86. The van der Waals surface area contributed by atoms with Crippen molar-refractivity contribution in [3.05, 3.63) is 30.4 Å². The number of methoxy groups -OCH3 is 1. The van der Waals surface area contributed by atoms with Crippen LogP contribution >= 0.6 is 0 Å². The van der Waals surface area contributed by atoms with E-state index in [4.69, 9.17) is 4.74 Å². The van der Waals surface area contributed by atoms with Crippen molar-refractivity contribution in [2.24, 2.45) is 7.05 Å². The van der Waals surface area contributed by atoms with Gasteiger partial charge in [0, 0.05) is 20.7 Å². The van der Waals surface area contributed by atoms with E-state index in [1.165, 1.54) is 10.9 Å². The van der Waals surface area contributed by atoms with Crippen LogP contribution in [-0.2, 0) is 28.4 Å². The number of aryl methyl sites for hydroxylation is 1. The van der Waals surface area contributed by atoms with Gasteiger partial charge in [-0.15, -0.1) is 10.2 Å². The van der Waals surface area contributed by atoms with Crippen LogP contribution < -0.4 is 4.72 Å². The van der Waals surface area contributed by atoms with E-state index >= 15 is 0 Å². The molecule has 3 aromatic rings. The highest BCUT2D eigenvalue weighted by molar-refractivity contribution is 7.89. The van der Waals surface area contributed by atoms with Crippen LogP contribution in [-0.4, -0.2) is 51.9 Å². The van der Waals surface area contributed by atoms with Crippen molar-refractivity contribution >= 4 is 21.1 Å². The van der Waals surface area contributed by atoms with Crippen LogP contribution in [0.1, 0.15) is 18.8 Å². The summed E-state index contributed by atoms with van der Waals surface area (Å²) < 4.78 is 35.0. The number of benzene rings is 1. The molecule has 2 aromatic heterocycles. The van der Waals surface area contributed by atoms with Crippen LogP contribution in [0, 0.1) is 0 Å². The fourth-order valence-electron chi connectivity index (χ4n) is 2.54. The summed E-state index contributed by atoms with van der Waals surface area (Å²) in [6, 6.07) is 4.28. The zero-order valence-electron chi connectivity index (χ0n) is 14.1. The summed E-state index contributed by atoms with van der Waals surface area (Å²) in [5.41, 5.74) is 0.840. The van der Waals surface area contributed by atoms with Crippen molar-refractivity contribution in [3.8, 4) is 0 Å². The first-order chi connectivity index (χ1) is 11.9. The van der Waals surface area contributed by atoms with Crippen molar-refractivity contribution in [3.63, 3.8) is 0 Å². The zero-order valence-corrected chi connectivity index (χ0v) is 14.9. The molecule has 3 rings (SSSR count). The van der Waals surface area contributed by atoms with E-state index in [0.29, 0.717) is 30.0 Å². The highest BCUT2D eigenvalue weighted by Gasteiger charge is 2.25. The van der Waals surface area contributed by atoms with Gasteiger partial charge in [0.05, 0.1) is 12.6 Å². The average Bonchev–Trinajstić information content (AvgIpc) is 3.16. The van der Waals surface area contributed by atoms with Crippen molar-refractivity contribution in [2.75, 3.05) is 13.7 Å². The van der Waals surface area contributed by atoms with Crippen molar-refractivity contribution in [2.45, 2.75) is 24.4 Å². The first kappa shape index (κ1) is 17.5. The normalized spacial score (nSPS) is 13.4. The molecule has 0 aliphatic carbocycles. The van der Waals surface area contributed by atoms with Gasteiger partial charge in [0.1, 0.15) is 22.3 Å². The Morgan fingerprint density at radius 2 is 2.12 bits per heavy atom. The lowest BCUT2D eigenvalue weighted by molar-refractivity contribution is 0.185. The molecule has 0 saturated heterocycles. The average molecular weight is 365 g/mol. The van der Waals surface area contributed by atoms with Crippen molar-refractivity contribution < 1.29 is 13.2 Å². The zero-order chi connectivity index (χ0) is 18.0. The van der Waals surface area contributed by atoms with Crippen LogP contribution in [0.15, 0.2) is 29.4 Å². The van der Waals surface area contributed by atoms with E-state index in [1.54, 1.807) is 44.1 Å². The van der Waals surface area contributed by atoms with Crippen LogP contribution in [0.3, 0.4) is 0 Å². The van der Waals surface area contributed by atoms with Gasteiger partial charge in [-0.3, -0.25) is 0 Å². The molecule has 1 N–H and O–H groups in total. The largest absolute Gasteiger partial charge is 0.383 e. The lowest BCUT2D eigenvalue weighted by Gasteiger charge is -2.15. The molecule has 1 aromatic carbocycles. The molecule has 25 heavy (non-hydrogen) atoms. The number of fused-ring (bicyclic) bond motifs is 1. The number of rotatable bonds is 7. The third-order valence-corrected chi connectivity index (χ3v) is 5.24. The fourth-order valence-corrected chi connectivity index (χ4v) is 3.90. The number of ether oxygens (including phenoxy) is 1. The maximum absolute atomic E-state index is 12.8. The summed E-state index contributed by atoms with van der Waals surface area (Å²) in [7, 11) is -0.576. The molecule has 0 radical (unpaired) electrons. The number of hydrogen-bond donors (Lipinski definition) is 1. The molecule has 0 aliphatic rings. The SMILES string of the molecule is COCCn1cnnc1[C@H](C)NS(=O)(=O)c1cccc2nn(C)nc12. The number of nitrogens with one attached hydrogen (secondary N) is 1. The summed E-state index contributed by atoms with van der Waals surface area (Å²) >= 11 is 0. The van der Waals surface area contributed by atoms with E-state index in [2.05, 4.69) is 25.1 Å². The lowest BCUT2D eigenvalue weighted by Crippen LogP contribution is -2.29. The molecule has 0 aliphatic heterocycles. The van der Waals surface area contributed by atoms with Gasteiger partial charge < -0.3 is 9.30 Å². The van der Waals surface area contributed by atoms with Crippen LogP contribution in [0.25, 0.3) is 11.0 Å². The van der Waals surface area contributed by atoms with E-state index in [1.807, 2.05) is 0 Å². The Bertz CT molecular complexity index is 979. The Labute approximate surface area is 144 Å². The minimum Gasteiger partial charge on any atom is -0.383 e. The third kappa shape index (κ3) is 3.52. The maximum Gasteiger partial charge on any atom is 0.243 e. The van der Waals surface area contributed by atoms with Gasteiger partial charge in [-0.1, -0.05) is 6.07 Å². The Morgan fingerprint density at radius 3 is 2.88 bits per heavy atom. The standard InChI is InChI=1S/C14H19N7O3S/c1-10(14-16-15-9-21(14)7-8-24-3)19-25(22,23)12-6-4-5-11-13(12)18-20(2)17-11/h4-6,9-10,19H,7-8H2,1-3H3/t10-/m0/s1. The minimum atomic E-state index is -3.81. The summed E-state index contributed by atoms with van der Waals surface area (Å²) in [6.07, 6.45) is 1.54. The molecule has 0 saturated carbocycles. The van der Waals surface area contributed by atoms with Gasteiger partial charge >= 0.3 is 0 Å². The maximum atomic E-state index is 12.8. The topological polar surface area (TPSA) is 117 Å². The molecule has 134 valence electrons. The molecule has 11 heteroatoms. The quantitative estimate of drug-likeness (QED) is 0.637. The van der Waals surface area contributed by atoms with E-state index in [9.17, 15) is 8.42 Å². The van der Waals surface area contributed by atoms with Gasteiger partial charge in [-0.05, 0) is 19.1 Å². The molecule has 0 spiro atoms. The number of nitrogens with zero attached hydrogens (tertiary/aromatic N) is 6. The van der Waals surface area contributed by atoms with E-state index in [0.717, 1.165) is 0 Å². The van der Waals surface area contributed by atoms with E-state index in [-0.39, 0.29) is 4.90 Å².